The Morgan fingerprint density at radius 3 is 2.14 bits per heavy atom. The van der Waals surface area contributed by atoms with Crippen LogP contribution in [0, 0.1) is 27.5 Å². The van der Waals surface area contributed by atoms with Gasteiger partial charge in [0.1, 0.15) is 0 Å². The third-order valence-corrected chi connectivity index (χ3v) is 5.99. The number of rotatable bonds is 8. The second-order valence-corrected chi connectivity index (χ2v) is 8.71. The molecule has 0 bridgehead atoms. The molecular formula is C24H21IN8O2. The van der Waals surface area contributed by atoms with E-state index in [1.165, 1.54) is 17.7 Å². The maximum Gasteiger partial charge on any atom is 0.269 e. The summed E-state index contributed by atoms with van der Waals surface area (Å²) in [5.74, 6) is 0.768. The lowest BCUT2D eigenvalue weighted by Crippen LogP contribution is -2.07. The molecule has 0 unspecified atom stereocenters. The SMILES string of the molecule is Cc1ccc(Nc2nc(N/N=C\c3ccccc3I)nc(Nc3ccc([N+](=O)[O-])cc3)n2)cc1C. The van der Waals surface area contributed by atoms with Gasteiger partial charge in [0.15, 0.2) is 0 Å². The van der Waals surface area contributed by atoms with Crippen molar-refractivity contribution in [2.45, 2.75) is 13.8 Å². The van der Waals surface area contributed by atoms with Gasteiger partial charge >= 0.3 is 0 Å². The number of nitrogens with zero attached hydrogens (tertiary/aromatic N) is 5. The molecule has 3 aromatic carbocycles. The number of benzene rings is 3. The Morgan fingerprint density at radius 2 is 1.49 bits per heavy atom. The molecule has 1 aromatic heterocycles. The highest BCUT2D eigenvalue weighted by atomic mass is 127. The normalized spacial score (nSPS) is 10.8. The Hall–Kier alpha value is -4.13. The summed E-state index contributed by atoms with van der Waals surface area (Å²) in [4.78, 5) is 23.7. The van der Waals surface area contributed by atoms with E-state index >= 15 is 0 Å². The molecule has 0 aliphatic heterocycles. The second-order valence-electron chi connectivity index (χ2n) is 7.55. The number of nitro benzene ring substituents is 1. The van der Waals surface area contributed by atoms with Gasteiger partial charge in [0, 0.05) is 32.6 Å². The highest BCUT2D eigenvalue weighted by molar-refractivity contribution is 14.1. The first-order valence-corrected chi connectivity index (χ1v) is 11.6. The van der Waals surface area contributed by atoms with Crippen molar-refractivity contribution in [1.29, 1.82) is 0 Å². The molecule has 4 rings (SSSR count). The molecule has 11 heteroatoms. The monoisotopic (exact) mass is 580 g/mol. The van der Waals surface area contributed by atoms with Crippen molar-refractivity contribution in [3.63, 3.8) is 0 Å². The highest BCUT2D eigenvalue weighted by Gasteiger charge is 2.10. The van der Waals surface area contributed by atoms with Gasteiger partial charge in [-0.25, -0.2) is 5.43 Å². The van der Waals surface area contributed by atoms with E-state index in [9.17, 15) is 10.1 Å². The predicted octanol–water partition coefficient (Wildman–Crippen LogP) is 5.93. The molecule has 0 saturated carbocycles. The lowest BCUT2D eigenvalue weighted by molar-refractivity contribution is -0.384. The Morgan fingerprint density at radius 1 is 0.857 bits per heavy atom. The molecule has 4 aromatic rings. The minimum atomic E-state index is -0.452. The van der Waals surface area contributed by atoms with Crippen LogP contribution in [0.3, 0.4) is 0 Å². The average Bonchev–Trinajstić information content (AvgIpc) is 2.83. The standard InChI is InChI=1S/C24H21IN8O2/c1-15-7-8-19(13-16(15)2)28-23-29-22(27-18-9-11-20(12-10-18)33(34)35)30-24(31-23)32-26-14-17-5-3-4-6-21(17)25/h3-14H,1-2H3,(H3,27,28,29,30,31,32)/b26-14-. The minimum Gasteiger partial charge on any atom is -0.324 e. The van der Waals surface area contributed by atoms with Gasteiger partial charge in [0.2, 0.25) is 17.8 Å². The van der Waals surface area contributed by atoms with Crippen LogP contribution in [0.2, 0.25) is 0 Å². The van der Waals surface area contributed by atoms with E-state index in [1.807, 2.05) is 56.3 Å². The maximum absolute atomic E-state index is 10.9. The van der Waals surface area contributed by atoms with Gasteiger partial charge in [-0.2, -0.15) is 20.1 Å². The van der Waals surface area contributed by atoms with Crippen molar-refractivity contribution in [1.82, 2.24) is 15.0 Å². The van der Waals surface area contributed by atoms with Crippen molar-refractivity contribution in [3.05, 3.63) is 97.1 Å². The fourth-order valence-electron chi connectivity index (χ4n) is 3.02. The number of nitro groups is 1. The molecule has 35 heavy (non-hydrogen) atoms. The average molecular weight is 580 g/mol. The first-order valence-electron chi connectivity index (χ1n) is 10.5. The van der Waals surface area contributed by atoms with Crippen molar-refractivity contribution in [2.24, 2.45) is 5.10 Å². The molecule has 0 spiro atoms. The third kappa shape index (κ3) is 6.47. The molecule has 3 N–H and O–H groups in total. The van der Waals surface area contributed by atoms with Gasteiger partial charge in [0.25, 0.3) is 5.69 Å². The minimum absolute atomic E-state index is 0.00414. The summed E-state index contributed by atoms with van der Waals surface area (Å²) in [5.41, 5.74) is 7.53. The van der Waals surface area contributed by atoms with E-state index in [1.54, 1.807) is 18.3 Å². The van der Waals surface area contributed by atoms with E-state index < -0.39 is 4.92 Å². The highest BCUT2D eigenvalue weighted by Crippen LogP contribution is 2.22. The van der Waals surface area contributed by atoms with Gasteiger partial charge in [-0.1, -0.05) is 24.3 Å². The molecule has 0 atom stereocenters. The van der Waals surface area contributed by atoms with Crippen LogP contribution >= 0.6 is 22.6 Å². The van der Waals surface area contributed by atoms with Gasteiger partial charge in [-0.05, 0) is 77.9 Å². The number of non-ortho nitro benzene ring substituents is 1. The van der Waals surface area contributed by atoms with Crippen LogP contribution in [0.15, 0.2) is 71.8 Å². The molecule has 176 valence electrons. The fraction of sp³-hybridized carbons (Fsp3) is 0.0833. The summed E-state index contributed by atoms with van der Waals surface area (Å²) in [6.07, 6.45) is 1.69. The van der Waals surface area contributed by atoms with Crippen LogP contribution in [-0.2, 0) is 0 Å². The van der Waals surface area contributed by atoms with Gasteiger partial charge < -0.3 is 10.6 Å². The second kappa shape index (κ2) is 10.9. The molecule has 10 nitrogen and oxygen atoms in total. The number of anilines is 5. The Bertz CT molecular complexity index is 1390. The topological polar surface area (TPSA) is 130 Å². The van der Waals surface area contributed by atoms with Crippen molar-refractivity contribution < 1.29 is 4.92 Å². The number of nitrogens with one attached hydrogen (secondary N) is 3. The molecule has 1 heterocycles. The lowest BCUT2D eigenvalue weighted by Gasteiger charge is -2.11. The number of aryl methyl sites for hydroxylation is 2. The Kier molecular flexibility index (Phi) is 7.45. The zero-order chi connectivity index (χ0) is 24.8. The van der Waals surface area contributed by atoms with Gasteiger partial charge in [0.05, 0.1) is 11.1 Å². The van der Waals surface area contributed by atoms with Crippen LogP contribution in [0.4, 0.5) is 34.9 Å². The molecule has 0 amide bonds. The first kappa shape index (κ1) is 24.0. The van der Waals surface area contributed by atoms with E-state index in [4.69, 9.17) is 0 Å². The quantitative estimate of drug-likeness (QED) is 0.101. The van der Waals surface area contributed by atoms with Gasteiger partial charge in [-0.3, -0.25) is 10.1 Å². The smallest absolute Gasteiger partial charge is 0.269 e. The summed E-state index contributed by atoms with van der Waals surface area (Å²) < 4.78 is 1.06. The molecular weight excluding hydrogens is 559 g/mol. The zero-order valence-corrected chi connectivity index (χ0v) is 21.0. The first-order chi connectivity index (χ1) is 16.9. The van der Waals surface area contributed by atoms with E-state index in [2.05, 4.69) is 58.7 Å². The van der Waals surface area contributed by atoms with E-state index in [0.29, 0.717) is 11.6 Å². The van der Waals surface area contributed by atoms with E-state index in [0.717, 1.165) is 20.4 Å². The summed E-state index contributed by atoms with van der Waals surface area (Å²) in [7, 11) is 0. The third-order valence-electron chi connectivity index (χ3n) is 5.01. The van der Waals surface area contributed by atoms with Crippen LogP contribution in [0.5, 0.6) is 0 Å². The van der Waals surface area contributed by atoms with Crippen LogP contribution in [-0.4, -0.2) is 26.1 Å². The number of hydrogen-bond donors (Lipinski definition) is 3. The molecule has 0 aliphatic rings. The number of halogens is 1. The van der Waals surface area contributed by atoms with Crippen molar-refractivity contribution in [2.75, 3.05) is 16.1 Å². The van der Waals surface area contributed by atoms with Crippen molar-refractivity contribution in [3.8, 4) is 0 Å². The largest absolute Gasteiger partial charge is 0.324 e. The summed E-state index contributed by atoms with van der Waals surface area (Å²) in [5, 5.41) is 21.4. The zero-order valence-electron chi connectivity index (χ0n) is 18.9. The molecule has 0 aliphatic carbocycles. The van der Waals surface area contributed by atoms with Crippen LogP contribution in [0.25, 0.3) is 0 Å². The molecule has 0 fully saturated rings. The lowest BCUT2D eigenvalue weighted by atomic mass is 10.1. The number of aromatic nitrogens is 3. The van der Waals surface area contributed by atoms with Crippen LogP contribution < -0.4 is 16.1 Å². The van der Waals surface area contributed by atoms with Gasteiger partial charge in [-0.15, -0.1) is 0 Å². The summed E-state index contributed by atoms with van der Waals surface area (Å²) in [6.45, 7) is 4.07. The number of hydrazone groups is 1. The van der Waals surface area contributed by atoms with Crippen LogP contribution in [0.1, 0.15) is 16.7 Å². The summed E-state index contributed by atoms with van der Waals surface area (Å²) in [6, 6.07) is 19.8. The van der Waals surface area contributed by atoms with Crippen molar-refractivity contribution >= 4 is 63.7 Å². The van der Waals surface area contributed by atoms with E-state index in [-0.39, 0.29) is 17.6 Å². The summed E-state index contributed by atoms with van der Waals surface area (Å²) >= 11 is 2.24. The Balaban J connectivity index is 1.60. The Labute approximate surface area is 215 Å². The number of hydrogen-bond acceptors (Lipinski definition) is 9. The maximum atomic E-state index is 10.9. The molecule has 0 saturated heterocycles. The fourth-order valence-corrected chi connectivity index (χ4v) is 3.55. The predicted molar refractivity (Wildman–Crippen MR) is 146 cm³/mol. The molecule has 0 radical (unpaired) electrons.